The van der Waals surface area contributed by atoms with Crippen molar-refractivity contribution in [3.8, 4) is 0 Å². The second-order valence-electron chi connectivity index (χ2n) is 4.65. The number of hydrogen-bond acceptors (Lipinski definition) is 2. The highest BCUT2D eigenvalue weighted by molar-refractivity contribution is 9.10. The molecule has 0 spiro atoms. The number of carbonyl (C=O) groups is 1. The molecule has 1 aliphatic rings. The van der Waals surface area contributed by atoms with Crippen LogP contribution in [0.4, 0.5) is 0 Å². The van der Waals surface area contributed by atoms with E-state index in [4.69, 9.17) is 17.3 Å². The van der Waals surface area contributed by atoms with Gasteiger partial charge in [-0.15, -0.1) is 0 Å². The van der Waals surface area contributed by atoms with Gasteiger partial charge >= 0.3 is 0 Å². The Bertz CT molecular complexity index is 453. The molecule has 98 valence electrons. The van der Waals surface area contributed by atoms with E-state index in [1.54, 1.807) is 6.07 Å². The zero-order valence-electron chi connectivity index (χ0n) is 10.0. The van der Waals surface area contributed by atoms with Gasteiger partial charge in [-0.05, 0) is 30.5 Å². The van der Waals surface area contributed by atoms with Crippen LogP contribution in [0.15, 0.2) is 22.7 Å². The summed E-state index contributed by atoms with van der Waals surface area (Å²) in [5.74, 6) is 0.133. The number of piperidine rings is 1. The van der Waals surface area contributed by atoms with Gasteiger partial charge in [-0.2, -0.15) is 0 Å². The molecule has 1 saturated heterocycles. The summed E-state index contributed by atoms with van der Waals surface area (Å²) in [6, 6.07) is 5.62. The third-order valence-corrected chi connectivity index (χ3v) is 4.14. The van der Waals surface area contributed by atoms with Crippen LogP contribution in [0.5, 0.6) is 0 Å². The van der Waals surface area contributed by atoms with E-state index >= 15 is 0 Å². The van der Waals surface area contributed by atoms with Gasteiger partial charge in [0, 0.05) is 28.6 Å². The molecule has 0 aliphatic carbocycles. The molecule has 1 unspecified atom stereocenters. The topological polar surface area (TPSA) is 46.3 Å². The normalized spacial score (nSPS) is 19.9. The zero-order valence-corrected chi connectivity index (χ0v) is 12.4. The number of benzene rings is 1. The van der Waals surface area contributed by atoms with Crippen LogP contribution in [0.2, 0.25) is 5.02 Å². The molecular weight excluding hydrogens is 316 g/mol. The van der Waals surface area contributed by atoms with Crippen molar-refractivity contribution in [3.63, 3.8) is 0 Å². The smallest absolute Gasteiger partial charge is 0.227 e. The van der Waals surface area contributed by atoms with Crippen LogP contribution in [-0.4, -0.2) is 29.9 Å². The van der Waals surface area contributed by atoms with E-state index in [1.807, 2.05) is 17.0 Å². The zero-order chi connectivity index (χ0) is 13.1. The predicted octanol–water partition coefficient (Wildman–Crippen LogP) is 2.59. The number of hydrogen-bond donors (Lipinski definition) is 1. The van der Waals surface area contributed by atoms with Crippen LogP contribution < -0.4 is 5.73 Å². The van der Waals surface area contributed by atoms with Crippen LogP contribution in [0.25, 0.3) is 0 Å². The van der Waals surface area contributed by atoms with Gasteiger partial charge in [0.1, 0.15) is 0 Å². The molecule has 0 saturated carbocycles. The van der Waals surface area contributed by atoms with Crippen LogP contribution >= 0.6 is 27.5 Å². The Hall–Kier alpha value is -0.580. The first-order chi connectivity index (χ1) is 8.56. The van der Waals surface area contributed by atoms with Crippen molar-refractivity contribution in [1.82, 2.24) is 4.90 Å². The lowest BCUT2D eigenvalue weighted by molar-refractivity contribution is -0.131. The summed E-state index contributed by atoms with van der Waals surface area (Å²) in [6.45, 7) is 1.49. The molecule has 1 fully saturated rings. The fourth-order valence-electron chi connectivity index (χ4n) is 2.18. The Balaban J connectivity index is 2.02. The third-order valence-electron chi connectivity index (χ3n) is 3.17. The first kappa shape index (κ1) is 13.8. The average Bonchev–Trinajstić information content (AvgIpc) is 2.32. The van der Waals surface area contributed by atoms with Crippen molar-refractivity contribution >= 4 is 33.4 Å². The van der Waals surface area contributed by atoms with Gasteiger partial charge in [-0.1, -0.05) is 33.6 Å². The Morgan fingerprint density at radius 3 is 3.00 bits per heavy atom. The molecule has 1 amide bonds. The van der Waals surface area contributed by atoms with Gasteiger partial charge in [-0.3, -0.25) is 4.79 Å². The van der Waals surface area contributed by atoms with Gasteiger partial charge in [-0.25, -0.2) is 0 Å². The van der Waals surface area contributed by atoms with Gasteiger partial charge in [0.05, 0.1) is 6.42 Å². The number of halogens is 2. The minimum Gasteiger partial charge on any atom is -0.341 e. The lowest BCUT2D eigenvalue weighted by Gasteiger charge is -2.31. The predicted molar refractivity (Wildman–Crippen MR) is 76.6 cm³/mol. The summed E-state index contributed by atoms with van der Waals surface area (Å²) in [5.41, 5.74) is 6.85. The summed E-state index contributed by atoms with van der Waals surface area (Å²) in [4.78, 5) is 14.0. The molecule has 1 aromatic carbocycles. The van der Waals surface area contributed by atoms with Crippen molar-refractivity contribution in [2.24, 2.45) is 5.73 Å². The SMILES string of the molecule is NC1CCCN(C(=O)Cc2ccc(Cl)cc2Br)C1. The maximum atomic E-state index is 12.2. The van der Waals surface area contributed by atoms with E-state index in [9.17, 15) is 4.79 Å². The summed E-state index contributed by atoms with van der Waals surface area (Å²) < 4.78 is 0.879. The summed E-state index contributed by atoms with van der Waals surface area (Å²) in [6.07, 6.45) is 2.40. The van der Waals surface area contributed by atoms with E-state index in [1.165, 1.54) is 0 Å². The maximum Gasteiger partial charge on any atom is 0.227 e. The van der Waals surface area contributed by atoms with Crippen molar-refractivity contribution in [1.29, 1.82) is 0 Å². The lowest BCUT2D eigenvalue weighted by Crippen LogP contribution is -2.46. The van der Waals surface area contributed by atoms with Crippen LogP contribution in [0, 0.1) is 0 Å². The lowest BCUT2D eigenvalue weighted by atomic mass is 10.1. The molecule has 2 rings (SSSR count). The van der Waals surface area contributed by atoms with E-state index in [-0.39, 0.29) is 11.9 Å². The van der Waals surface area contributed by atoms with Gasteiger partial charge < -0.3 is 10.6 Å². The van der Waals surface area contributed by atoms with Crippen molar-refractivity contribution in [2.75, 3.05) is 13.1 Å². The Morgan fingerprint density at radius 1 is 1.56 bits per heavy atom. The summed E-state index contributed by atoms with van der Waals surface area (Å²) in [5, 5.41) is 0.665. The minimum absolute atomic E-state index is 0.122. The number of likely N-dealkylation sites (tertiary alicyclic amines) is 1. The highest BCUT2D eigenvalue weighted by Gasteiger charge is 2.21. The quantitative estimate of drug-likeness (QED) is 0.905. The Morgan fingerprint density at radius 2 is 2.33 bits per heavy atom. The van der Waals surface area contributed by atoms with E-state index < -0.39 is 0 Å². The molecule has 1 aliphatic heterocycles. The molecule has 2 N–H and O–H groups in total. The fourth-order valence-corrected chi connectivity index (χ4v) is 3.00. The molecule has 0 bridgehead atoms. The standard InChI is InChI=1S/C13H16BrClN2O/c14-12-7-10(15)4-3-9(12)6-13(18)17-5-1-2-11(16)8-17/h3-4,7,11H,1-2,5-6,8,16H2. The summed E-state index contributed by atoms with van der Waals surface area (Å²) in [7, 11) is 0. The molecule has 1 atom stereocenters. The average molecular weight is 332 g/mol. The largest absolute Gasteiger partial charge is 0.341 e. The molecule has 0 aromatic heterocycles. The van der Waals surface area contributed by atoms with Crippen LogP contribution in [-0.2, 0) is 11.2 Å². The monoisotopic (exact) mass is 330 g/mol. The van der Waals surface area contributed by atoms with Crippen LogP contribution in [0.3, 0.4) is 0 Å². The van der Waals surface area contributed by atoms with E-state index in [0.717, 1.165) is 29.4 Å². The molecule has 3 nitrogen and oxygen atoms in total. The number of carbonyl (C=O) groups excluding carboxylic acids is 1. The van der Waals surface area contributed by atoms with Crippen molar-refractivity contribution in [3.05, 3.63) is 33.3 Å². The minimum atomic E-state index is 0.122. The van der Waals surface area contributed by atoms with Gasteiger partial charge in [0.2, 0.25) is 5.91 Å². The molecule has 1 heterocycles. The summed E-state index contributed by atoms with van der Waals surface area (Å²) >= 11 is 9.31. The highest BCUT2D eigenvalue weighted by atomic mass is 79.9. The fraction of sp³-hybridized carbons (Fsp3) is 0.462. The van der Waals surface area contributed by atoms with Crippen molar-refractivity contribution < 1.29 is 4.79 Å². The Kier molecular flexibility index (Phi) is 4.65. The number of nitrogens with zero attached hydrogens (tertiary/aromatic N) is 1. The number of rotatable bonds is 2. The van der Waals surface area contributed by atoms with E-state index in [0.29, 0.717) is 18.0 Å². The van der Waals surface area contributed by atoms with Gasteiger partial charge in [0.25, 0.3) is 0 Å². The molecule has 0 radical (unpaired) electrons. The van der Waals surface area contributed by atoms with Crippen molar-refractivity contribution in [2.45, 2.75) is 25.3 Å². The third kappa shape index (κ3) is 3.46. The first-order valence-corrected chi connectivity index (χ1v) is 7.20. The van der Waals surface area contributed by atoms with E-state index in [2.05, 4.69) is 15.9 Å². The molecule has 5 heteroatoms. The van der Waals surface area contributed by atoms with Crippen LogP contribution in [0.1, 0.15) is 18.4 Å². The maximum absolute atomic E-state index is 12.2. The molecule has 1 aromatic rings. The second kappa shape index (κ2) is 6.04. The number of amides is 1. The first-order valence-electron chi connectivity index (χ1n) is 6.03. The Labute approximate surface area is 120 Å². The highest BCUT2D eigenvalue weighted by Crippen LogP contribution is 2.22. The second-order valence-corrected chi connectivity index (χ2v) is 5.95. The number of nitrogens with two attached hydrogens (primary N) is 1. The molecular formula is C13H16BrClN2O. The van der Waals surface area contributed by atoms with Gasteiger partial charge in [0.15, 0.2) is 0 Å². The molecule has 18 heavy (non-hydrogen) atoms.